The van der Waals surface area contributed by atoms with Crippen LogP contribution in [-0.4, -0.2) is 17.4 Å². The molecule has 1 aromatic carbocycles. The number of hydrogen-bond donors (Lipinski definition) is 1. The zero-order valence-corrected chi connectivity index (χ0v) is 10.6. The summed E-state index contributed by atoms with van der Waals surface area (Å²) in [5.74, 6) is 2.14. The lowest BCUT2D eigenvalue weighted by molar-refractivity contribution is 0.0958. The molecular weight excluding hydrogens is 248 g/mol. The largest absolute Gasteiger partial charge is 0.341 e. The Bertz CT molecular complexity index is 659. The van der Waals surface area contributed by atoms with Gasteiger partial charge in [-0.25, -0.2) is 0 Å². The maximum Gasteiger partial charge on any atom is 0.253 e. The number of nitrogens with one attached hydrogen (secondary N) is 1. The van der Waals surface area contributed by atoms with Gasteiger partial charge < -0.3 is 5.32 Å². The van der Waals surface area contributed by atoms with Crippen LogP contribution in [0.4, 0.5) is 0 Å². The number of nitrogens with zero attached hydrogens (tertiary/aromatic N) is 1. The Balaban J connectivity index is 2.48. The highest BCUT2D eigenvalue weighted by Gasteiger charge is 2.10. The molecule has 0 bridgehead atoms. The van der Waals surface area contributed by atoms with Crippen LogP contribution < -0.4 is 5.32 Å². The van der Waals surface area contributed by atoms with E-state index in [2.05, 4.69) is 16.2 Å². The summed E-state index contributed by atoms with van der Waals surface area (Å²) in [6.07, 6.45) is 5.11. The van der Waals surface area contributed by atoms with Gasteiger partial charge in [0.05, 0.1) is 23.3 Å². The maximum atomic E-state index is 11.9. The number of amides is 1. The average molecular weight is 259 g/mol. The Morgan fingerprint density at radius 1 is 1.50 bits per heavy atom. The molecule has 0 saturated heterocycles. The molecule has 0 atom stereocenters. The molecule has 0 saturated carbocycles. The number of terminal acetylenes is 1. The molecule has 2 rings (SSSR count). The number of aromatic nitrogens is 1. The number of benzene rings is 1. The fourth-order valence-electron chi connectivity index (χ4n) is 1.70. The van der Waals surface area contributed by atoms with Crippen molar-refractivity contribution in [1.29, 1.82) is 0 Å². The van der Waals surface area contributed by atoms with E-state index in [9.17, 15) is 4.79 Å². The van der Waals surface area contributed by atoms with Gasteiger partial charge in [0.25, 0.3) is 5.91 Å². The summed E-state index contributed by atoms with van der Waals surface area (Å²) in [5, 5.41) is 4.07. The van der Waals surface area contributed by atoms with Crippen LogP contribution in [0.2, 0.25) is 5.02 Å². The first-order valence-electron chi connectivity index (χ1n) is 5.40. The number of aryl methyl sites for hydroxylation is 1. The fourth-order valence-corrected chi connectivity index (χ4v) is 1.88. The van der Waals surface area contributed by atoms with E-state index in [-0.39, 0.29) is 12.5 Å². The van der Waals surface area contributed by atoms with Gasteiger partial charge in [0.1, 0.15) is 0 Å². The van der Waals surface area contributed by atoms with Gasteiger partial charge in [-0.15, -0.1) is 6.42 Å². The topological polar surface area (TPSA) is 42.0 Å². The molecule has 0 radical (unpaired) electrons. The first-order valence-corrected chi connectivity index (χ1v) is 5.78. The molecule has 2 aromatic rings. The molecule has 0 fully saturated rings. The average Bonchev–Trinajstić information content (AvgIpc) is 2.35. The van der Waals surface area contributed by atoms with E-state index in [0.29, 0.717) is 16.3 Å². The molecule has 1 amide bonds. The van der Waals surface area contributed by atoms with Crippen molar-refractivity contribution in [3.05, 3.63) is 40.5 Å². The summed E-state index contributed by atoms with van der Waals surface area (Å²) >= 11 is 5.92. The van der Waals surface area contributed by atoms with E-state index in [1.165, 1.54) is 0 Å². The minimum atomic E-state index is -0.222. The van der Waals surface area contributed by atoms with Gasteiger partial charge in [-0.3, -0.25) is 9.78 Å². The third kappa shape index (κ3) is 2.44. The smallest absolute Gasteiger partial charge is 0.253 e. The Morgan fingerprint density at radius 2 is 2.28 bits per heavy atom. The van der Waals surface area contributed by atoms with Crippen molar-refractivity contribution in [3.8, 4) is 12.3 Å². The highest BCUT2D eigenvalue weighted by Crippen LogP contribution is 2.20. The standard InChI is InChI=1S/C14H11ClN2O/c1-3-6-16-14(18)12-8-10-7-11(15)4-5-13(10)17-9(12)2/h1,4-5,7-8H,6H2,2H3,(H,16,18). The molecule has 3 nitrogen and oxygen atoms in total. The molecule has 0 aliphatic carbocycles. The van der Waals surface area contributed by atoms with Crippen LogP contribution in [0.5, 0.6) is 0 Å². The SMILES string of the molecule is C#CCNC(=O)c1cc2cc(Cl)ccc2nc1C. The molecule has 0 aliphatic rings. The number of hydrogen-bond acceptors (Lipinski definition) is 2. The zero-order valence-electron chi connectivity index (χ0n) is 9.83. The van der Waals surface area contributed by atoms with Gasteiger partial charge in [0.15, 0.2) is 0 Å². The fraction of sp³-hybridized carbons (Fsp3) is 0.143. The van der Waals surface area contributed by atoms with Crippen molar-refractivity contribution in [2.75, 3.05) is 6.54 Å². The number of halogens is 1. The van der Waals surface area contributed by atoms with Crippen LogP contribution in [0.25, 0.3) is 10.9 Å². The minimum Gasteiger partial charge on any atom is -0.341 e. The number of rotatable bonds is 2. The molecule has 1 aromatic heterocycles. The first-order chi connectivity index (χ1) is 8.61. The summed E-state index contributed by atoms with van der Waals surface area (Å²) in [6, 6.07) is 7.15. The monoisotopic (exact) mass is 258 g/mol. The minimum absolute atomic E-state index is 0.200. The lowest BCUT2D eigenvalue weighted by Gasteiger charge is -2.07. The Morgan fingerprint density at radius 3 is 3.00 bits per heavy atom. The second-order valence-corrected chi connectivity index (χ2v) is 4.28. The van der Waals surface area contributed by atoms with Crippen LogP contribution in [-0.2, 0) is 0 Å². The van der Waals surface area contributed by atoms with Crippen molar-refractivity contribution >= 4 is 28.4 Å². The van der Waals surface area contributed by atoms with Gasteiger partial charge in [0.2, 0.25) is 0 Å². The zero-order chi connectivity index (χ0) is 13.1. The first kappa shape index (κ1) is 12.4. The predicted molar refractivity (Wildman–Crippen MR) is 72.7 cm³/mol. The quantitative estimate of drug-likeness (QED) is 0.842. The molecule has 4 heteroatoms. The highest BCUT2D eigenvalue weighted by atomic mass is 35.5. The van der Waals surface area contributed by atoms with Crippen molar-refractivity contribution in [2.24, 2.45) is 0 Å². The van der Waals surface area contributed by atoms with Crippen LogP contribution in [0, 0.1) is 19.3 Å². The van der Waals surface area contributed by atoms with Gasteiger partial charge in [-0.2, -0.15) is 0 Å². The summed E-state index contributed by atoms with van der Waals surface area (Å²) < 4.78 is 0. The van der Waals surface area contributed by atoms with Crippen molar-refractivity contribution < 1.29 is 4.79 Å². The lowest BCUT2D eigenvalue weighted by Crippen LogP contribution is -2.24. The third-order valence-corrected chi connectivity index (χ3v) is 2.80. The van der Waals surface area contributed by atoms with Crippen LogP contribution >= 0.6 is 11.6 Å². The van der Waals surface area contributed by atoms with E-state index in [4.69, 9.17) is 18.0 Å². The summed E-state index contributed by atoms with van der Waals surface area (Å²) in [6.45, 7) is 1.99. The maximum absolute atomic E-state index is 11.9. The van der Waals surface area contributed by atoms with E-state index >= 15 is 0 Å². The van der Waals surface area contributed by atoms with Crippen molar-refractivity contribution in [1.82, 2.24) is 10.3 Å². The predicted octanol–water partition coefficient (Wildman–Crippen LogP) is 2.56. The normalized spacial score (nSPS) is 10.1. The Kier molecular flexibility index (Phi) is 3.50. The molecule has 90 valence electrons. The summed E-state index contributed by atoms with van der Waals surface area (Å²) in [5.41, 5.74) is 1.99. The van der Waals surface area contributed by atoms with E-state index in [1.807, 2.05) is 6.07 Å². The second kappa shape index (κ2) is 5.07. The molecular formula is C14H11ClN2O. The molecule has 0 spiro atoms. The van der Waals surface area contributed by atoms with E-state index < -0.39 is 0 Å². The molecule has 0 aliphatic heterocycles. The van der Waals surface area contributed by atoms with Gasteiger partial charge in [0, 0.05) is 10.4 Å². The number of fused-ring (bicyclic) bond motifs is 1. The Hall–Kier alpha value is -2.05. The van der Waals surface area contributed by atoms with E-state index in [0.717, 1.165) is 10.9 Å². The summed E-state index contributed by atoms with van der Waals surface area (Å²) in [4.78, 5) is 16.2. The number of carbonyl (C=O) groups is 1. The molecule has 1 heterocycles. The second-order valence-electron chi connectivity index (χ2n) is 3.85. The summed E-state index contributed by atoms with van der Waals surface area (Å²) in [7, 11) is 0. The van der Waals surface area contributed by atoms with Crippen LogP contribution in [0.3, 0.4) is 0 Å². The van der Waals surface area contributed by atoms with Gasteiger partial charge in [-0.1, -0.05) is 17.5 Å². The van der Waals surface area contributed by atoms with Gasteiger partial charge >= 0.3 is 0 Å². The van der Waals surface area contributed by atoms with Crippen LogP contribution in [0.1, 0.15) is 16.1 Å². The Labute approximate surface area is 110 Å². The molecule has 18 heavy (non-hydrogen) atoms. The highest BCUT2D eigenvalue weighted by molar-refractivity contribution is 6.31. The number of pyridine rings is 1. The molecule has 0 unspecified atom stereocenters. The van der Waals surface area contributed by atoms with E-state index in [1.54, 1.807) is 25.1 Å². The number of carbonyl (C=O) groups excluding carboxylic acids is 1. The van der Waals surface area contributed by atoms with Crippen LogP contribution in [0.15, 0.2) is 24.3 Å². The van der Waals surface area contributed by atoms with Crippen molar-refractivity contribution in [3.63, 3.8) is 0 Å². The van der Waals surface area contributed by atoms with Crippen molar-refractivity contribution in [2.45, 2.75) is 6.92 Å². The molecule has 1 N–H and O–H groups in total. The third-order valence-electron chi connectivity index (χ3n) is 2.56. The lowest BCUT2D eigenvalue weighted by atomic mass is 10.1. The van der Waals surface area contributed by atoms with Gasteiger partial charge in [-0.05, 0) is 31.2 Å².